The Morgan fingerprint density at radius 2 is 1.95 bits per heavy atom. The van der Waals surface area contributed by atoms with Crippen LogP contribution in [0.15, 0.2) is 23.1 Å². The van der Waals surface area contributed by atoms with Crippen LogP contribution < -0.4 is 0 Å². The van der Waals surface area contributed by atoms with Crippen LogP contribution in [-0.4, -0.2) is 25.2 Å². The zero-order valence-corrected chi connectivity index (χ0v) is 13.7. The summed E-state index contributed by atoms with van der Waals surface area (Å²) in [6, 6.07) is 4.44. The molecule has 0 heterocycles. The minimum absolute atomic E-state index is 0.0534. The van der Waals surface area contributed by atoms with Crippen molar-refractivity contribution in [3.63, 3.8) is 0 Å². The average molecular weight is 312 g/mol. The van der Waals surface area contributed by atoms with Gasteiger partial charge in [-0.05, 0) is 37.0 Å². The Morgan fingerprint density at radius 1 is 1.29 bits per heavy atom. The Hall–Kier alpha value is -1.36. The van der Waals surface area contributed by atoms with Gasteiger partial charge in [0.2, 0.25) is 0 Å². The van der Waals surface area contributed by atoms with E-state index in [1.54, 1.807) is 6.92 Å². The molecule has 1 N–H and O–H groups in total. The van der Waals surface area contributed by atoms with Gasteiger partial charge < -0.3 is 5.11 Å². The third-order valence-corrected chi connectivity index (χ3v) is 5.87. The summed E-state index contributed by atoms with van der Waals surface area (Å²) in [6.45, 7) is 5.64. The number of rotatable bonds is 8. The monoisotopic (exact) mass is 312 g/mol. The normalized spacial score (nSPS) is 13.1. The fraction of sp³-hybridized carbons (Fsp3) is 0.562. The van der Waals surface area contributed by atoms with Crippen molar-refractivity contribution in [1.29, 1.82) is 0 Å². The second-order valence-corrected chi connectivity index (χ2v) is 7.43. The largest absolute Gasteiger partial charge is 0.478 e. The molecule has 0 spiro atoms. The minimum atomic E-state index is -3.45. The summed E-state index contributed by atoms with van der Waals surface area (Å²) >= 11 is 0. The van der Waals surface area contributed by atoms with Gasteiger partial charge in [0.05, 0.1) is 16.2 Å². The Kier molecular flexibility index (Phi) is 6.40. The van der Waals surface area contributed by atoms with E-state index in [1.165, 1.54) is 18.2 Å². The summed E-state index contributed by atoms with van der Waals surface area (Å²) < 4.78 is 25.1. The van der Waals surface area contributed by atoms with Crippen molar-refractivity contribution >= 4 is 15.8 Å². The van der Waals surface area contributed by atoms with E-state index in [0.29, 0.717) is 5.56 Å². The highest BCUT2D eigenvalue weighted by atomic mass is 32.2. The molecule has 0 radical (unpaired) electrons. The van der Waals surface area contributed by atoms with Crippen molar-refractivity contribution in [3.05, 3.63) is 29.3 Å². The SMILES string of the molecule is CCCCC(CC)CS(=O)(=O)c1cccc(C(=O)O)c1C. The molecule has 0 saturated carbocycles. The molecule has 1 rings (SSSR count). The molecule has 4 nitrogen and oxygen atoms in total. The number of benzene rings is 1. The lowest BCUT2D eigenvalue weighted by molar-refractivity contribution is 0.0696. The number of hydrogen-bond acceptors (Lipinski definition) is 3. The van der Waals surface area contributed by atoms with Crippen molar-refractivity contribution in [2.75, 3.05) is 5.75 Å². The highest BCUT2D eigenvalue weighted by Gasteiger charge is 2.23. The Bertz CT molecular complexity index is 590. The lowest BCUT2D eigenvalue weighted by Crippen LogP contribution is -2.18. The van der Waals surface area contributed by atoms with Crippen LogP contribution in [0.3, 0.4) is 0 Å². The second-order valence-electron chi connectivity index (χ2n) is 5.43. The molecule has 0 saturated heterocycles. The number of carboxylic acid groups (broad SMARTS) is 1. The molecule has 0 aliphatic carbocycles. The molecule has 0 aliphatic heterocycles. The maximum absolute atomic E-state index is 12.6. The van der Waals surface area contributed by atoms with Crippen molar-refractivity contribution in [1.82, 2.24) is 0 Å². The minimum Gasteiger partial charge on any atom is -0.478 e. The predicted molar refractivity (Wildman–Crippen MR) is 83.5 cm³/mol. The number of unbranched alkanes of at least 4 members (excludes halogenated alkanes) is 1. The third kappa shape index (κ3) is 4.56. The first-order chi connectivity index (χ1) is 9.83. The van der Waals surface area contributed by atoms with Gasteiger partial charge in [-0.3, -0.25) is 0 Å². The topological polar surface area (TPSA) is 71.4 Å². The summed E-state index contributed by atoms with van der Waals surface area (Å²) in [5.41, 5.74) is 0.382. The van der Waals surface area contributed by atoms with Gasteiger partial charge >= 0.3 is 5.97 Å². The van der Waals surface area contributed by atoms with Crippen LogP contribution in [0.25, 0.3) is 0 Å². The molecule has 0 bridgehead atoms. The Balaban J connectivity index is 3.08. The fourth-order valence-electron chi connectivity index (χ4n) is 2.48. The van der Waals surface area contributed by atoms with Gasteiger partial charge in [-0.15, -0.1) is 0 Å². The van der Waals surface area contributed by atoms with E-state index in [2.05, 4.69) is 6.92 Å². The molecule has 0 fully saturated rings. The molecule has 118 valence electrons. The van der Waals surface area contributed by atoms with E-state index in [0.717, 1.165) is 25.7 Å². The smallest absolute Gasteiger partial charge is 0.335 e. The molecule has 21 heavy (non-hydrogen) atoms. The number of aromatic carboxylic acids is 1. The maximum atomic E-state index is 12.6. The summed E-state index contributed by atoms with van der Waals surface area (Å²) in [5, 5.41) is 9.11. The van der Waals surface area contributed by atoms with Crippen LogP contribution in [0.1, 0.15) is 55.5 Å². The van der Waals surface area contributed by atoms with Crippen molar-refractivity contribution in [3.8, 4) is 0 Å². The van der Waals surface area contributed by atoms with E-state index in [1.807, 2.05) is 6.92 Å². The molecular formula is C16H24O4S. The van der Waals surface area contributed by atoms with E-state index >= 15 is 0 Å². The molecule has 5 heteroatoms. The summed E-state index contributed by atoms with van der Waals surface area (Å²) in [7, 11) is -3.45. The average Bonchev–Trinajstić information content (AvgIpc) is 2.42. The van der Waals surface area contributed by atoms with Gasteiger partial charge in [0.25, 0.3) is 0 Å². The number of sulfone groups is 1. The molecule has 1 aromatic carbocycles. The fourth-order valence-corrected chi connectivity index (χ4v) is 4.55. The quantitative estimate of drug-likeness (QED) is 0.794. The molecule has 1 unspecified atom stereocenters. The Labute approximate surface area is 127 Å². The van der Waals surface area contributed by atoms with Crippen molar-refractivity contribution in [2.24, 2.45) is 5.92 Å². The maximum Gasteiger partial charge on any atom is 0.335 e. The summed E-state index contributed by atoms with van der Waals surface area (Å²) in [5.74, 6) is -0.877. The van der Waals surface area contributed by atoms with Gasteiger partial charge in [0.15, 0.2) is 9.84 Å². The molecule has 1 atom stereocenters. The first-order valence-electron chi connectivity index (χ1n) is 7.39. The van der Waals surface area contributed by atoms with Gasteiger partial charge in [-0.1, -0.05) is 39.2 Å². The van der Waals surface area contributed by atoms with Gasteiger partial charge in [0, 0.05) is 0 Å². The predicted octanol–water partition coefficient (Wildman–Crippen LogP) is 3.68. The number of hydrogen-bond donors (Lipinski definition) is 1. The van der Waals surface area contributed by atoms with Gasteiger partial charge in [-0.25, -0.2) is 13.2 Å². The highest BCUT2D eigenvalue weighted by Crippen LogP contribution is 2.24. The number of carbonyl (C=O) groups is 1. The standard InChI is InChI=1S/C16H24O4S/c1-4-6-8-13(5-2)11-21(19,20)15-10-7-9-14(12(15)3)16(17)18/h7,9-10,13H,4-6,8,11H2,1-3H3,(H,17,18). The number of carboxylic acids is 1. The van der Waals surface area contributed by atoms with E-state index in [-0.39, 0.29) is 22.1 Å². The van der Waals surface area contributed by atoms with Gasteiger partial charge in [-0.2, -0.15) is 0 Å². The lowest BCUT2D eigenvalue weighted by Gasteiger charge is -2.16. The first kappa shape index (κ1) is 17.7. The third-order valence-electron chi connectivity index (χ3n) is 3.85. The second kappa shape index (κ2) is 7.59. The van der Waals surface area contributed by atoms with Crippen LogP contribution in [0.4, 0.5) is 0 Å². The molecule has 0 aromatic heterocycles. The van der Waals surface area contributed by atoms with Crippen LogP contribution >= 0.6 is 0 Å². The zero-order chi connectivity index (χ0) is 16.0. The highest BCUT2D eigenvalue weighted by molar-refractivity contribution is 7.91. The van der Waals surface area contributed by atoms with Gasteiger partial charge in [0.1, 0.15) is 0 Å². The van der Waals surface area contributed by atoms with Crippen LogP contribution in [0, 0.1) is 12.8 Å². The van der Waals surface area contributed by atoms with E-state index < -0.39 is 15.8 Å². The lowest BCUT2D eigenvalue weighted by atomic mass is 10.0. The van der Waals surface area contributed by atoms with Crippen LogP contribution in [0.5, 0.6) is 0 Å². The van der Waals surface area contributed by atoms with Crippen LogP contribution in [-0.2, 0) is 9.84 Å². The first-order valence-corrected chi connectivity index (χ1v) is 9.04. The van der Waals surface area contributed by atoms with E-state index in [9.17, 15) is 13.2 Å². The molecule has 1 aromatic rings. The van der Waals surface area contributed by atoms with Crippen molar-refractivity contribution < 1.29 is 18.3 Å². The summed E-state index contributed by atoms with van der Waals surface area (Å²) in [6.07, 6.45) is 3.77. The zero-order valence-electron chi connectivity index (χ0n) is 12.9. The summed E-state index contributed by atoms with van der Waals surface area (Å²) in [4.78, 5) is 11.3. The van der Waals surface area contributed by atoms with Crippen molar-refractivity contribution in [2.45, 2.75) is 51.3 Å². The van der Waals surface area contributed by atoms with E-state index in [4.69, 9.17) is 5.11 Å². The molecule has 0 aliphatic rings. The Morgan fingerprint density at radius 3 is 2.48 bits per heavy atom. The van der Waals surface area contributed by atoms with Crippen LogP contribution in [0.2, 0.25) is 0 Å². The molecule has 0 amide bonds. The molecular weight excluding hydrogens is 288 g/mol.